The molecule has 3 atom stereocenters. The van der Waals surface area contributed by atoms with Crippen LogP contribution in [0.15, 0.2) is 60.7 Å². The van der Waals surface area contributed by atoms with E-state index in [0.29, 0.717) is 25.8 Å². The van der Waals surface area contributed by atoms with Crippen LogP contribution in [0.2, 0.25) is 0 Å². The van der Waals surface area contributed by atoms with E-state index in [-0.39, 0.29) is 18.2 Å². The molecule has 2 aromatic rings. The number of aliphatic hydroxyl groups excluding tert-OH is 1. The van der Waals surface area contributed by atoms with Crippen LogP contribution in [0.25, 0.3) is 0 Å². The number of benzene rings is 2. The number of rotatable bonds is 4. The Morgan fingerprint density at radius 2 is 1.18 bits per heavy atom. The average Bonchev–Trinajstić information content (AvgIpc) is 2.93. The van der Waals surface area contributed by atoms with Crippen LogP contribution in [0.3, 0.4) is 0 Å². The fourth-order valence-corrected chi connectivity index (χ4v) is 5.06. The summed E-state index contributed by atoms with van der Waals surface area (Å²) in [4.78, 5) is 38.9. The lowest BCUT2D eigenvalue weighted by Gasteiger charge is -2.25. The minimum absolute atomic E-state index is 0.109. The van der Waals surface area contributed by atoms with Crippen molar-refractivity contribution in [2.75, 3.05) is 6.54 Å². The highest BCUT2D eigenvalue weighted by atomic mass is 16.3. The minimum Gasteiger partial charge on any atom is -0.390 e. The van der Waals surface area contributed by atoms with Gasteiger partial charge < -0.3 is 21.1 Å². The summed E-state index contributed by atoms with van der Waals surface area (Å²) in [5, 5.41) is 19.9. The van der Waals surface area contributed by atoms with E-state index >= 15 is 0 Å². The van der Waals surface area contributed by atoms with Gasteiger partial charge in [-0.2, -0.15) is 0 Å². The molecule has 7 nitrogen and oxygen atoms in total. The first kappa shape index (κ1) is 30.4. The van der Waals surface area contributed by atoms with Gasteiger partial charge in [0, 0.05) is 19.4 Å². The highest BCUT2D eigenvalue weighted by Gasteiger charge is 2.27. The largest absolute Gasteiger partial charge is 0.390 e. The second kappa shape index (κ2) is 17.4. The van der Waals surface area contributed by atoms with Crippen molar-refractivity contribution in [3.63, 3.8) is 0 Å². The lowest BCUT2D eigenvalue weighted by atomic mass is 9.98. The molecule has 1 fully saturated rings. The summed E-state index contributed by atoms with van der Waals surface area (Å²) < 4.78 is 0. The van der Waals surface area contributed by atoms with Gasteiger partial charge >= 0.3 is 0 Å². The minimum atomic E-state index is -1.09. The predicted molar refractivity (Wildman–Crippen MR) is 154 cm³/mol. The molecule has 39 heavy (non-hydrogen) atoms. The predicted octanol–water partition coefficient (Wildman–Crippen LogP) is 4.22. The maximum atomic E-state index is 13.1. The molecule has 4 N–H and O–H groups in total. The van der Waals surface area contributed by atoms with Crippen LogP contribution in [0, 0.1) is 0 Å². The average molecular weight is 536 g/mol. The van der Waals surface area contributed by atoms with Crippen molar-refractivity contribution in [3.8, 4) is 0 Å². The molecule has 0 aliphatic carbocycles. The molecular formula is C32H45N3O4. The Bertz CT molecular complexity index is 999. The summed E-state index contributed by atoms with van der Waals surface area (Å²) in [6.07, 6.45) is 9.46. The molecule has 0 saturated carbocycles. The third-order valence-corrected chi connectivity index (χ3v) is 7.32. The van der Waals surface area contributed by atoms with Crippen molar-refractivity contribution < 1.29 is 19.5 Å². The third-order valence-electron chi connectivity index (χ3n) is 7.32. The van der Waals surface area contributed by atoms with Gasteiger partial charge in [-0.1, -0.05) is 106 Å². The van der Waals surface area contributed by atoms with Gasteiger partial charge in [0.1, 0.15) is 6.04 Å². The molecule has 0 unspecified atom stereocenters. The van der Waals surface area contributed by atoms with E-state index in [1.165, 1.54) is 19.3 Å². The Morgan fingerprint density at radius 1 is 0.641 bits per heavy atom. The van der Waals surface area contributed by atoms with Crippen molar-refractivity contribution in [1.29, 1.82) is 0 Å². The van der Waals surface area contributed by atoms with Gasteiger partial charge in [0.15, 0.2) is 0 Å². The van der Waals surface area contributed by atoms with Gasteiger partial charge in [0.2, 0.25) is 17.7 Å². The van der Waals surface area contributed by atoms with Crippen LogP contribution in [-0.2, 0) is 27.2 Å². The second-order valence-electron chi connectivity index (χ2n) is 10.7. The fourth-order valence-electron chi connectivity index (χ4n) is 5.06. The summed E-state index contributed by atoms with van der Waals surface area (Å²) >= 11 is 0. The van der Waals surface area contributed by atoms with Gasteiger partial charge in [-0.3, -0.25) is 14.4 Å². The molecule has 2 aromatic carbocycles. The second-order valence-corrected chi connectivity index (χ2v) is 10.7. The van der Waals surface area contributed by atoms with E-state index in [2.05, 4.69) is 16.0 Å². The quantitative estimate of drug-likeness (QED) is 0.470. The molecule has 0 radical (unpaired) electrons. The molecule has 0 bridgehead atoms. The molecular weight excluding hydrogens is 490 g/mol. The molecule has 212 valence electrons. The monoisotopic (exact) mass is 535 g/mol. The molecule has 1 aliphatic rings. The molecule has 0 spiro atoms. The van der Waals surface area contributed by atoms with E-state index in [1.807, 2.05) is 60.7 Å². The lowest BCUT2D eigenvalue weighted by Crippen LogP contribution is -2.51. The van der Waals surface area contributed by atoms with Gasteiger partial charge in [0.05, 0.1) is 18.6 Å². The summed E-state index contributed by atoms with van der Waals surface area (Å²) in [6.45, 7) is 0.577. The zero-order chi connectivity index (χ0) is 27.7. The van der Waals surface area contributed by atoms with E-state index in [4.69, 9.17) is 0 Å². The van der Waals surface area contributed by atoms with E-state index in [1.54, 1.807) is 0 Å². The maximum absolute atomic E-state index is 13.1. The standard InChI is InChI=1S/C32H45N3O4/c36-29-24-31(38)35-28(23-26-18-12-9-13-19-26)32(39)33-21-15-7-5-3-1-2-4-6-14-20-30(37)34-27(29)22-25-16-10-8-11-17-25/h8-13,16-19,27-29,36H,1-7,14-15,20-24H2,(H,33,39)(H,34,37)(H,35,38)/t27-,28-,29-/m0/s1. The first-order chi connectivity index (χ1) is 19.0. The normalized spacial score (nSPS) is 23.5. The molecule has 3 rings (SSSR count). The zero-order valence-electron chi connectivity index (χ0n) is 23.1. The Hall–Kier alpha value is -3.19. The number of hydrogen-bond acceptors (Lipinski definition) is 4. The van der Waals surface area contributed by atoms with Crippen molar-refractivity contribution in [3.05, 3.63) is 71.8 Å². The molecule has 0 aromatic heterocycles. The first-order valence-electron chi connectivity index (χ1n) is 14.6. The molecule has 1 heterocycles. The molecule has 7 heteroatoms. The van der Waals surface area contributed by atoms with E-state index < -0.39 is 24.1 Å². The van der Waals surface area contributed by atoms with Crippen LogP contribution < -0.4 is 16.0 Å². The van der Waals surface area contributed by atoms with Crippen molar-refractivity contribution in [2.45, 2.75) is 102 Å². The van der Waals surface area contributed by atoms with Gasteiger partial charge in [-0.25, -0.2) is 0 Å². The third kappa shape index (κ3) is 12.0. The van der Waals surface area contributed by atoms with Crippen LogP contribution in [0.1, 0.15) is 81.8 Å². The topological polar surface area (TPSA) is 108 Å². The Labute approximate surface area is 233 Å². The summed E-state index contributed by atoms with van der Waals surface area (Å²) in [6, 6.07) is 17.9. The SMILES string of the molecule is O=C1C[C@H](O)[C@H](Cc2ccccc2)NC(=O)CCCCCCCCCCCNC(=O)[C@H](Cc2ccccc2)N1. The van der Waals surface area contributed by atoms with Crippen molar-refractivity contribution in [1.82, 2.24) is 16.0 Å². The number of carbonyl (C=O) groups is 3. The number of amides is 3. The smallest absolute Gasteiger partial charge is 0.242 e. The van der Waals surface area contributed by atoms with Crippen molar-refractivity contribution in [2.24, 2.45) is 0 Å². The molecule has 1 saturated heterocycles. The van der Waals surface area contributed by atoms with Crippen LogP contribution in [0.4, 0.5) is 0 Å². The molecule has 1 aliphatic heterocycles. The van der Waals surface area contributed by atoms with Crippen LogP contribution >= 0.6 is 0 Å². The van der Waals surface area contributed by atoms with Gasteiger partial charge in [-0.15, -0.1) is 0 Å². The number of carbonyl (C=O) groups excluding carboxylic acids is 3. The van der Waals surface area contributed by atoms with E-state index in [9.17, 15) is 19.5 Å². The number of hydrogen-bond donors (Lipinski definition) is 4. The zero-order valence-corrected chi connectivity index (χ0v) is 23.1. The van der Waals surface area contributed by atoms with E-state index in [0.717, 1.165) is 49.7 Å². The maximum Gasteiger partial charge on any atom is 0.242 e. The summed E-state index contributed by atoms with van der Waals surface area (Å²) in [7, 11) is 0. The number of nitrogens with one attached hydrogen (secondary N) is 3. The first-order valence-corrected chi connectivity index (χ1v) is 14.6. The number of aliphatic hydroxyl groups is 1. The Balaban J connectivity index is 1.71. The Morgan fingerprint density at radius 3 is 1.79 bits per heavy atom. The van der Waals surface area contributed by atoms with Crippen molar-refractivity contribution >= 4 is 17.7 Å². The fraction of sp³-hybridized carbons (Fsp3) is 0.531. The van der Waals surface area contributed by atoms with Crippen LogP contribution in [-0.4, -0.2) is 47.6 Å². The van der Waals surface area contributed by atoms with Gasteiger partial charge in [0.25, 0.3) is 0 Å². The van der Waals surface area contributed by atoms with Crippen LogP contribution in [0.5, 0.6) is 0 Å². The molecule has 3 amide bonds. The Kier molecular flexibility index (Phi) is 13.5. The highest BCUT2D eigenvalue weighted by Crippen LogP contribution is 2.13. The van der Waals surface area contributed by atoms with Gasteiger partial charge in [-0.05, 0) is 30.4 Å². The highest BCUT2D eigenvalue weighted by molar-refractivity contribution is 5.88. The lowest BCUT2D eigenvalue weighted by molar-refractivity contribution is -0.130. The summed E-state index contributed by atoms with van der Waals surface area (Å²) in [5.41, 5.74) is 1.91. The summed E-state index contributed by atoms with van der Waals surface area (Å²) in [5.74, 6) is -0.749.